The lowest BCUT2D eigenvalue weighted by Gasteiger charge is -2.08. The predicted octanol–water partition coefficient (Wildman–Crippen LogP) is 1.01. The highest BCUT2D eigenvalue weighted by atomic mass is 32.2. The van der Waals surface area contributed by atoms with Crippen molar-refractivity contribution in [3.8, 4) is 0 Å². The third kappa shape index (κ3) is 14.6. The highest BCUT2D eigenvalue weighted by Gasteiger charge is 2.36. The molecule has 0 spiro atoms. The van der Waals surface area contributed by atoms with Crippen LogP contribution in [0.5, 0.6) is 0 Å². The van der Waals surface area contributed by atoms with E-state index < -0.39 is 15.6 Å². The van der Waals surface area contributed by atoms with Crippen LogP contribution in [0.1, 0.15) is 0 Å². The van der Waals surface area contributed by atoms with Crippen molar-refractivity contribution in [1.82, 2.24) is 4.90 Å². The first-order valence-corrected chi connectivity index (χ1v) is 6.32. The molecular formula is C10H17F3N2O3S. The van der Waals surface area contributed by atoms with Crippen molar-refractivity contribution in [2.24, 2.45) is 0 Å². The zero-order valence-corrected chi connectivity index (χ0v) is 11.9. The summed E-state index contributed by atoms with van der Waals surface area (Å²) in [5.74, 6) is 0. The Morgan fingerprint density at radius 2 is 1.53 bits per heavy atom. The molecule has 0 rings (SSSR count). The molecule has 0 aromatic heterocycles. The fraction of sp³-hybridized carbons (Fsp3) is 0.500. The molecule has 0 aromatic carbocycles. The van der Waals surface area contributed by atoms with E-state index in [4.69, 9.17) is 13.0 Å². The Morgan fingerprint density at radius 1 is 1.11 bits per heavy atom. The number of rotatable bonds is 3. The number of halogens is 3. The van der Waals surface area contributed by atoms with Crippen LogP contribution >= 0.6 is 0 Å². The predicted molar refractivity (Wildman–Crippen MR) is 65.9 cm³/mol. The fourth-order valence-corrected chi connectivity index (χ4v) is 0.508. The average molecular weight is 302 g/mol. The molecule has 0 aliphatic heterocycles. The van der Waals surface area contributed by atoms with Crippen LogP contribution in [0.2, 0.25) is 0 Å². The SMILES string of the molecule is CN(C)/C=C/C=C/C=[N+](C)C.O=S(=O)([O-])C(F)(F)F. The zero-order valence-electron chi connectivity index (χ0n) is 11.0. The van der Waals surface area contributed by atoms with E-state index in [2.05, 4.69) is 0 Å². The van der Waals surface area contributed by atoms with Crippen molar-refractivity contribution in [3.63, 3.8) is 0 Å². The molecule has 0 saturated carbocycles. The van der Waals surface area contributed by atoms with Gasteiger partial charge in [0.05, 0.1) is 0 Å². The molecule has 0 radical (unpaired) electrons. The Morgan fingerprint density at radius 3 is 1.79 bits per heavy atom. The summed E-state index contributed by atoms with van der Waals surface area (Å²) in [5, 5.41) is 0. The molecule has 5 nitrogen and oxygen atoms in total. The summed E-state index contributed by atoms with van der Waals surface area (Å²) in [6, 6.07) is 0. The summed E-state index contributed by atoms with van der Waals surface area (Å²) in [5.41, 5.74) is -5.65. The van der Waals surface area contributed by atoms with Crippen LogP contribution in [0, 0.1) is 0 Å². The van der Waals surface area contributed by atoms with Crippen molar-refractivity contribution in [2.75, 3.05) is 28.2 Å². The highest BCUT2D eigenvalue weighted by Crippen LogP contribution is 2.20. The largest absolute Gasteiger partial charge is 0.741 e. The van der Waals surface area contributed by atoms with Crippen LogP contribution in [-0.4, -0.2) is 62.4 Å². The normalized spacial score (nSPS) is 12.2. The molecular weight excluding hydrogens is 285 g/mol. The van der Waals surface area contributed by atoms with Gasteiger partial charge in [0.15, 0.2) is 16.3 Å². The second-order valence-electron chi connectivity index (χ2n) is 3.70. The number of alkyl halides is 3. The third-order valence-corrected chi connectivity index (χ3v) is 1.84. The summed E-state index contributed by atoms with van der Waals surface area (Å²) in [6.45, 7) is 0. The molecule has 0 aromatic rings. The monoisotopic (exact) mass is 302 g/mol. The smallest absolute Gasteiger partial charge is 0.485 e. The maximum Gasteiger partial charge on any atom is 0.485 e. The van der Waals surface area contributed by atoms with Gasteiger partial charge in [-0.15, -0.1) is 0 Å². The van der Waals surface area contributed by atoms with Crippen LogP contribution in [0.4, 0.5) is 13.2 Å². The molecule has 0 aliphatic carbocycles. The minimum absolute atomic E-state index is 2.00. The van der Waals surface area contributed by atoms with Crippen molar-refractivity contribution in [1.29, 1.82) is 0 Å². The van der Waals surface area contributed by atoms with Gasteiger partial charge in [-0.05, 0) is 12.3 Å². The summed E-state index contributed by atoms with van der Waals surface area (Å²) in [7, 11) is 1.91. The minimum atomic E-state index is -6.09. The first-order chi connectivity index (χ1) is 8.38. The molecule has 9 heteroatoms. The standard InChI is InChI=1S/C9H17N2.CHF3O3S/c1-10(2)8-6-5-7-9-11(3)4;2-1(3,4)8(5,6)7/h5-9H,1-4H3;(H,5,6,7)/q+1;/p-1. The topological polar surface area (TPSA) is 63.5 Å². The van der Waals surface area contributed by atoms with Crippen LogP contribution < -0.4 is 0 Å². The van der Waals surface area contributed by atoms with E-state index >= 15 is 0 Å². The van der Waals surface area contributed by atoms with Gasteiger partial charge in [0.25, 0.3) is 0 Å². The van der Waals surface area contributed by atoms with Crippen LogP contribution in [-0.2, 0) is 10.1 Å². The van der Waals surface area contributed by atoms with E-state index in [0.717, 1.165) is 0 Å². The lowest BCUT2D eigenvalue weighted by atomic mass is 10.5. The second-order valence-corrected chi connectivity index (χ2v) is 5.07. The van der Waals surface area contributed by atoms with Crippen molar-refractivity contribution >= 4 is 16.3 Å². The summed E-state index contributed by atoms with van der Waals surface area (Å²) in [6.07, 6.45) is 10.0. The lowest BCUT2D eigenvalue weighted by molar-refractivity contribution is -0.458. The maximum atomic E-state index is 10.7. The highest BCUT2D eigenvalue weighted by molar-refractivity contribution is 7.86. The molecule has 0 unspecified atom stereocenters. The Bertz CT molecular complexity index is 433. The van der Waals surface area contributed by atoms with Gasteiger partial charge in [-0.1, -0.05) is 6.08 Å². The summed E-state index contributed by atoms with van der Waals surface area (Å²) >= 11 is 0. The summed E-state index contributed by atoms with van der Waals surface area (Å²) in [4.78, 5) is 2.00. The Labute approximate surface area is 111 Å². The van der Waals surface area contributed by atoms with Crippen molar-refractivity contribution in [2.45, 2.75) is 5.51 Å². The molecule has 0 N–H and O–H groups in total. The average Bonchev–Trinajstić information content (AvgIpc) is 2.13. The summed E-state index contributed by atoms with van der Waals surface area (Å²) < 4.78 is 60.9. The molecule has 0 aliphatic rings. The van der Waals surface area contributed by atoms with E-state index in [1.165, 1.54) is 0 Å². The van der Waals surface area contributed by atoms with Gasteiger partial charge < -0.3 is 9.45 Å². The Kier molecular flexibility index (Phi) is 9.15. The van der Waals surface area contributed by atoms with E-state index in [-0.39, 0.29) is 0 Å². The molecule has 0 saturated heterocycles. The molecule has 0 amide bonds. The van der Waals surface area contributed by atoms with E-state index in [0.29, 0.717) is 0 Å². The van der Waals surface area contributed by atoms with Crippen molar-refractivity contribution in [3.05, 3.63) is 24.4 Å². The maximum absolute atomic E-state index is 10.7. The number of allylic oxidation sites excluding steroid dienone is 3. The first kappa shape index (κ1) is 20.0. The number of hydrogen-bond acceptors (Lipinski definition) is 4. The Balaban J connectivity index is 0. The molecule has 19 heavy (non-hydrogen) atoms. The van der Waals surface area contributed by atoms with Crippen LogP contribution in [0.25, 0.3) is 0 Å². The van der Waals surface area contributed by atoms with Crippen molar-refractivity contribution < 1.29 is 30.7 Å². The number of hydrogen-bond donors (Lipinski definition) is 0. The first-order valence-electron chi connectivity index (χ1n) is 4.91. The fourth-order valence-electron chi connectivity index (χ4n) is 0.508. The quantitative estimate of drug-likeness (QED) is 0.257. The third-order valence-electron chi connectivity index (χ3n) is 1.27. The Hall–Kier alpha value is -1.35. The molecule has 112 valence electrons. The molecule has 0 heterocycles. The van der Waals surface area contributed by atoms with Gasteiger partial charge in [0.2, 0.25) is 0 Å². The zero-order chi connectivity index (χ0) is 15.7. The van der Waals surface area contributed by atoms with Gasteiger partial charge in [0, 0.05) is 20.2 Å². The van der Waals surface area contributed by atoms with Crippen LogP contribution in [0.3, 0.4) is 0 Å². The van der Waals surface area contributed by atoms with Gasteiger partial charge in [-0.25, -0.2) is 13.0 Å². The molecule has 0 fully saturated rings. The number of nitrogens with zero attached hydrogens (tertiary/aromatic N) is 2. The minimum Gasteiger partial charge on any atom is -0.741 e. The van der Waals surface area contributed by atoms with Gasteiger partial charge >= 0.3 is 5.51 Å². The van der Waals surface area contributed by atoms with E-state index in [1.807, 2.05) is 68.3 Å². The van der Waals surface area contributed by atoms with E-state index in [1.54, 1.807) is 0 Å². The molecule has 0 bridgehead atoms. The van der Waals surface area contributed by atoms with Gasteiger partial charge in [-0.3, -0.25) is 0 Å². The van der Waals surface area contributed by atoms with E-state index in [9.17, 15) is 13.2 Å². The lowest BCUT2D eigenvalue weighted by Crippen LogP contribution is -2.21. The molecule has 0 atom stereocenters. The van der Waals surface area contributed by atoms with Gasteiger partial charge in [0.1, 0.15) is 14.1 Å². The van der Waals surface area contributed by atoms with Crippen LogP contribution in [0.15, 0.2) is 24.4 Å². The second kappa shape index (κ2) is 8.70. The van der Waals surface area contributed by atoms with Gasteiger partial charge in [-0.2, -0.15) is 13.2 Å².